The van der Waals surface area contributed by atoms with Crippen LogP contribution in [0.1, 0.15) is 10.7 Å². The molecule has 0 saturated heterocycles. The summed E-state index contributed by atoms with van der Waals surface area (Å²) in [5.74, 6) is 0.904. The van der Waals surface area contributed by atoms with Gasteiger partial charge >= 0.3 is 0 Å². The average molecular weight is 222 g/mol. The van der Waals surface area contributed by atoms with E-state index in [9.17, 15) is 0 Å². The van der Waals surface area contributed by atoms with Crippen LogP contribution >= 0.6 is 23.1 Å². The molecule has 0 unspecified atom stereocenters. The molecule has 0 aliphatic heterocycles. The first-order valence-electron chi connectivity index (χ1n) is 4.29. The van der Waals surface area contributed by atoms with E-state index in [-0.39, 0.29) is 0 Å². The highest BCUT2D eigenvalue weighted by atomic mass is 32.2. The van der Waals surface area contributed by atoms with Crippen molar-refractivity contribution < 1.29 is 0 Å². The highest BCUT2D eigenvalue weighted by Gasteiger charge is 1.99. The van der Waals surface area contributed by atoms with Crippen molar-refractivity contribution in [3.63, 3.8) is 0 Å². The zero-order valence-corrected chi connectivity index (χ0v) is 9.44. The summed E-state index contributed by atoms with van der Waals surface area (Å²) in [6.45, 7) is 2.03. The molecular formula is C10H10N2S2. The molecule has 0 aromatic carbocycles. The van der Waals surface area contributed by atoms with E-state index in [1.807, 2.05) is 31.3 Å². The van der Waals surface area contributed by atoms with Gasteiger partial charge in [-0.05, 0) is 19.1 Å². The second-order valence-electron chi connectivity index (χ2n) is 2.81. The van der Waals surface area contributed by atoms with Gasteiger partial charge in [-0.25, -0.2) is 9.97 Å². The second-order valence-corrected chi connectivity index (χ2v) is 4.87. The summed E-state index contributed by atoms with van der Waals surface area (Å²) < 4.78 is 0. The molecule has 14 heavy (non-hydrogen) atoms. The van der Waals surface area contributed by atoms with E-state index < -0.39 is 0 Å². The molecule has 0 saturated carbocycles. The summed E-state index contributed by atoms with van der Waals surface area (Å²) in [4.78, 5) is 8.63. The molecule has 0 aliphatic carbocycles. The first kappa shape index (κ1) is 9.68. The number of thioether (sulfide) groups is 1. The van der Waals surface area contributed by atoms with Crippen molar-refractivity contribution in [2.24, 2.45) is 0 Å². The minimum atomic E-state index is 0.904. The Balaban J connectivity index is 1.95. The van der Waals surface area contributed by atoms with Gasteiger partial charge in [-0.15, -0.1) is 23.1 Å². The number of aromatic nitrogens is 2. The van der Waals surface area contributed by atoms with Gasteiger partial charge in [0.15, 0.2) is 0 Å². The minimum Gasteiger partial charge on any atom is -0.250 e. The lowest BCUT2D eigenvalue weighted by Crippen LogP contribution is -1.82. The molecule has 0 spiro atoms. The second kappa shape index (κ2) is 4.57. The fraction of sp³-hybridized carbons (Fsp3) is 0.200. The van der Waals surface area contributed by atoms with Crippen molar-refractivity contribution in [3.8, 4) is 0 Å². The zero-order valence-electron chi connectivity index (χ0n) is 7.80. The highest BCUT2D eigenvalue weighted by molar-refractivity contribution is 7.98. The maximum atomic E-state index is 4.40. The molecular weight excluding hydrogens is 212 g/mol. The Labute approximate surface area is 91.4 Å². The minimum absolute atomic E-state index is 0.904. The number of thiazole rings is 1. The van der Waals surface area contributed by atoms with E-state index in [2.05, 4.69) is 15.3 Å². The molecule has 0 atom stereocenters. The van der Waals surface area contributed by atoms with E-state index >= 15 is 0 Å². The number of rotatable bonds is 3. The van der Waals surface area contributed by atoms with E-state index in [0.29, 0.717) is 0 Å². The van der Waals surface area contributed by atoms with Gasteiger partial charge in [0.25, 0.3) is 0 Å². The van der Waals surface area contributed by atoms with Gasteiger partial charge < -0.3 is 0 Å². The molecule has 2 heterocycles. The molecule has 0 aliphatic rings. The quantitative estimate of drug-likeness (QED) is 0.746. The number of hydrogen-bond acceptors (Lipinski definition) is 4. The molecule has 72 valence electrons. The van der Waals surface area contributed by atoms with Crippen LogP contribution in [0.25, 0.3) is 0 Å². The van der Waals surface area contributed by atoms with Gasteiger partial charge in [0.1, 0.15) is 0 Å². The molecule has 0 amide bonds. The average Bonchev–Trinajstić information content (AvgIpc) is 2.63. The van der Waals surface area contributed by atoms with Crippen molar-refractivity contribution in [1.82, 2.24) is 9.97 Å². The summed E-state index contributed by atoms with van der Waals surface area (Å²) in [5, 5.41) is 4.28. The Bertz CT molecular complexity index is 398. The number of hydrogen-bond donors (Lipinski definition) is 0. The van der Waals surface area contributed by atoms with Crippen molar-refractivity contribution in [3.05, 3.63) is 40.5 Å². The van der Waals surface area contributed by atoms with Crippen LogP contribution in [0.15, 0.2) is 34.8 Å². The molecule has 0 radical (unpaired) electrons. The molecule has 0 bridgehead atoms. The highest BCUT2D eigenvalue weighted by Crippen LogP contribution is 2.20. The fourth-order valence-electron chi connectivity index (χ4n) is 1.05. The fourth-order valence-corrected chi connectivity index (χ4v) is 2.53. The van der Waals surface area contributed by atoms with E-state index in [1.54, 1.807) is 23.1 Å². The third-order valence-electron chi connectivity index (χ3n) is 1.67. The summed E-state index contributed by atoms with van der Waals surface area (Å²) in [6.07, 6.45) is 1.81. The van der Waals surface area contributed by atoms with Crippen LogP contribution in [-0.4, -0.2) is 9.97 Å². The van der Waals surface area contributed by atoms with E-state index in [1.165, 1.54) is 0 Å². The van der Waals surface area contributed by atoms with Crippen molar-refractivity contribution >= 4 is 23.1 Å². The summed E-state index contributed by atoms with van der Waals surface area (Å²) in [7, 11) is 0. The molecule has 0 fully saturated rings. The Hall–Kier alpha value is -0.870. The van der Waals surface area contributed by atoms with Crippen LogP contribution in [0.3, 0.4) is 0 Å². The first-order valence-corrected chi connectivity index (χ1v) is 6.16. The summed E-state index contributed by atoms with van der Waals surface area (Å²) in [5.41, 5.74) is 1.14. The smallest absolute Gasteiger partial charge is 0.0963 e. The Morgan fingerprint density at radius 1 is 1.43 bits per heavy atom. The van der Waals surface area contributed by atoms with Gasteiger partial charge in [0.05, 0.1) is 15.7 Å². The van der Waals surface area contributed by atoms with E-state index in [4.69, 9.17) is 0 Å². The Morgan fingerprint density at radius 2 is 2.36 bits per heavy atom. The first-order chi connectivity index (χ1) is 6.84. The third kappa shape index (κ3) is 2.56. The van der Waals surface area contributed by atoms with Crippen LogP contribution < -0.4 is 0 Å². The van der Waals surface area contributed by atoms with Gasteiger partial charge in [0, 0.05) is 17.3 Å². The molecule has 4 heteroatoms. The lowest BCUT2D eigenvalue weighted by molar-refractivity contribution is 1.12. The predicted octanol–water partition coefficient (Wildman–Crippen LogP) is 3.14. The van der Waals surface area contributed by atoms with Gasteiger partial charge in [-0.1, -0.05) is 6.07 Å². The standard InChI is InChI=1S/C10H10N2S2/c1-8-12-9(6-13-8)7-14-10-4-2-3-5-11-10/h2-6H,7H2,1H3. The molecule has 2 rings (SSSR count). The van der Waals surface area contributed by atoms with Crippen LogP contribution in [0.5, 0.6) is 0 Å². The number of nitrogens with zero attached hydrogens (tertiary/aromatic N) is 2. The van der Waals surface area contributed by atoms with Crippen LogP contribution in [0.2, 0.25) is 0 Å². The third-order valence-corrected chi connectivity index (χ3v) is 3.47. The molecule has 2 aromatic heterocycles. The molecule has 0 N–H and O–H groups in total. The summed E-state index contributed by atoms with van der Waals surface area (Å²) >= 11 is 3.41. The Morgan fingerprint density at radius 3 is 3.00 bits per heavy atom. The van der Waals surface area contributed by atoms with Gasteiger partial charge in [-0.3, -0.25) is 0 Å². The molecule has 2 nitrogen and oxygen atoms in total. The van der Waals surface area contributed by atoms with Gasteiger partial charge in [-0.2, -0.15) is 0 Å². The van der Waals surface area contributed by atoms with Crippen LogP contribution in [0.4, 0.5) is 0 Å². The maximum Gasteiger partial charge on any atom is 0.0963 e. The lowest BCUT2D eigenvalue weighted by Gasteiger charge is -1.96. The molecule has 2 aromatic rings. The van der Waals surface area contributed by atoms with Gasteiger partial charge in [0.2, 0.25) is 0 Å². The van der Waals surface area contributed by atoms with Crippen molar-refractivity contribution in [1.29, 1.82) is 0 Å². The zero-order chi connectivity index (χ0) is 9.80. The van der Waals surface area contributed by atoms with Crippen molar-refractivity contribution in [2.45, 2.75) is 17.7 Å². The number of pyridine rings is 1. The van der Waals surface area contributed by atoms with Crippen molar-refractivity contribution in [2.75, 3.05) is 0 Å². The maximum absolute atomic E-state index is 4.40. The Kier molecular flexibility index (Phi) is 3.16. The topological polar surface area (TPSA) is 25.8 Å². The van der Waals surface area contributed by atoms with Crippen LogP contribution in [0, 0.1) is 6.92 Å². The van der Waals surface area contributed by atoms with Crippen LogP contribution in [-0.2, 0) is 5.75 Å². The number of aryl methyl sites for hydroxylation is 1. The SMILES string of the molecule is Cc1nc(CSc2ccccn2)cs1. The summed E-state index contributed by atoms with van der Waals surface area (Å²) in [6, 6.07) is 5.95. The normalized spacial score (nSPS) is 10.4. The predicted molar refractivity (Wildman–Crippen MR) is 60.6 cm³/mol. The monoisotopic (exact) mass is 222 g/mol. The lowest BCUT2D eigenvalue weighted by atomic mass is 10.5. The van der Waals surface area contributed by atoms with E-state index in [0.717, 1.165) is 21.5 Å². The largest absolute Gasteiger partial charge is 0.250 e.